The van der Waals surface area contributed by atoms with Gasteiger partial charge in [0.15, 0.2) is 0 Å². The van der Waals surface area contributed by atoms with Gasteiger partial charge in [-0.05, 0) is 61.8 Å². The van der Waals surface area contributed by atoms with Gasteiger partial charge in [-0.25, -0.2) is 0 Å². The molecule has 5 rings (SSSR count). The number of benzene rings is 1. The predicted molar refractivity (Wildman–Crippen MR) is 134 cm³/mol. The van der Waals surface area contributed by atoms with E-state index in [9.17, 15) is 9.59 Å². The van der Waals surface area contributed by atoms with Crippen LogP contribution in [0.5, 0.6) is 0 Å². The molecule has 0 saturated heterocycles. The number of aromatic nitrogens is 1. The Balaban J connectivity index is 1.67. The van der Waals surface area contributed by atoms with Crippen LogP contribution >= 0.6 is 0 Å². The molecule has 2 amide bonds. The zero-order valence-electron chi connectivity index (χ0n) is 19.6. The molecule has 2 N–H and O–H groups in total. The number of carbonyl (C=O) groups excluding carboxylic acids is 2. The van der Waals surface area contributed by atoms with Gasteiger partial charge in [0.1, 0.15) is 6.54 Å². The number of nitrogens with one attached hydrogen (secondary N) is 2. The normalized spacial score (nSPS) is 19.8. The Morgan fingerprint density at radius 2 is 1.74 bits per heavy atom. The van der Waals surface area contributed by atoms with Crippen molar-refractivity contribution in [3.8, 4) is 11.3 Å². The van der Waals surface area contributed by atoms with E-state index in [1.807, 2.05) is 18.2 Å². The summed E-state index contributed by atoms with van der Waals surface area (Å²) in [5.74, 6) is 0.344. The summed E-state index contributed by atoms with van der Waals surface area (Å²) < 4.78 is 7.57. The van der Waals surface area contributed by atoms with Crippen LogP contribution in [0.25, 0.3) is 22.2 Å². The lowest BCUT2D eigenvalue weighted by Gasteiger charge is -2.23. The van der Waals surface area contributed by atoms with Crippen molar-refractivity contribution in [1.82, 2.24) is 15.2 Å². The minimum Gasteiger partial charge on any atom is -0.472 e. The Morgan fingerprint density at radius 3 is 2.56 bits per heavy atom. The number of hydrogen-bond acceptors (Lipinski definition) is 3. The van der Waals surface area contributed by atoms with Crippen LogP contribution in [-0.2, 0) is 11.3 Å². The molecule has 0 spiro atoms. The highest BCUT2D eigenvalue weighted by atomic mass is 16.3. The minimum atomic E-state index is -0.0799. The van der Waals surface area contributed by atoms with Gasteiger partial charge in [-0.15, -0.1) is 0 Å². The number of fused-ring (bicyclic) bond motifs is 1. The Kier molecular flexibility index (Phi) is 6.84. The highest BCUT2D eigenvalue weighted by Crippen LogP contribution is 2.44. The molecule has 34 heavy (non-hydrogen) atoms. The minimum absolute atomic E-state index is 0.0113. The molecule has 0 unspecified atom stereocenters. The quantitative estimate of drug-likeness (QED) is 0.495. The first-order chi connectivity index (χ1) is 16.7. The van der Waals surface area contributed by atoms with Crippen LogP contribution in [-0.4, -0.2) is 29.5 Å². The molecule has 6 heteroatoms. The Hall–Kier alpha value is -3.28. The number of nitrogens with zero attached hydrogens (tertiary/aromatic N) is 1. The highest BCUT2D eigenvalue weighted by Gasteiger charge is 2.28. The van der Waals surface area contributed by atoms with Gasteiger partial charge < -0.3 is 19.6 Å². The summed E-state index contributed by atoms with van der Waals surface area (Å²) in [6.07, 6.45) is 16.3. The highest BCUT2D eigenvalue weighted by molar-refractivity contribution is 6.01. The molecular formula is C28H33N3O3. The molecule has 3 heterocycles. The Bertz CT molecular complexity index is 1180. The van der Waals surface area contributed by atoms with Crippen molar-refractivity contribution in [3.63, 3.8) is 0 Å². The van der Waals surface area contributed by atoms with E-state index in [0.29, 0.717) is 24.6 Å². The first kappa shape index (κ1) is 22.5. The molecule has 178 valence electrons. The van der Waals surface area contributed by atoms with E-state index >= 15 is 0 Å². The Morgan fingerprint density at radius 1 is 0.882 bits per heavy atom. The maximum absolute atomic E-state index is 13.0. The molecule has 2 aliphatic rings. The second kappa shape index (κ2) is 10.3. The molecule has 0 atom stereocenters. The fourth-order valence-corrected chi connectivity index (χ4v) is 5.45. The molecule has 1 aliphatic carbocycles. The number of allylic oxidation sites excluding steroid dienone is 1. The van der Waals surface area contributed by atoms with Gasteiger partial charge in [0, 0.05) is 29.6 Å². The molecule has 1 aliphatic heterocycles. The van der Waals surface area contributed by atoms with Gasteiger partial charge >= 0.3 is 0 Å². The zero-order chi connectivity index (χ0) is 23.3. The summed E-state index contributed by atoms with van der Waals surface area (Å²) in [5.41, 5.74) is 4.88. The maximum Gasteiger partial charge on any atom is 0.251 e. The second-order valence-electron chi connectivity index (χ2n) is 9.44. The molecule has 3 aromatic rings. The van der Waals surface area contributed by atoms with E-state index in [1.54, 1.807) is 12.5 Å². The van der Waals surface area contributed by atoms with Crippen molar-refractivity contribution >= 4 is 22.7 Å². The van der Waals surface area contributed by atoms with E-state index in [0.717, 1.165) is 54.3 Å². The molecule has 1 aromatic carbocycles. The number of furan rings is 1. The maximum atomic E-state index is 13.0. The molecule has 6 nitrogen and oxygen atoms in total. The molecule has 2 aromatic heterocycles. The van der Waals surface area contributed by atoms with Crippen molar-refractivity contribution in [1.29, 1.82) is 0 Å². The van der Waals surface area contributed by atoms with Gasteiger partial charge in [0.2, 0.25) is 5.91 Å². The van der Waals surface area contributed by atoms with Crippen LogP contribution in [0.4, 0.5) is 0 Å². The van der Waals surface area contributed by atoms with E-state index in [1.165, 1.54) is 24.8 Å². The van der Waals surface area contributed by atoms with Crippen molar-refractivity contribution < 1.29 is 14.0 Å². The second-order valence-corrected chi connectivity index (χ2v) is 9.44. The third-order valence-electron chi connectivity index (χ3n) is 7.11. The van der Waals surface area contributed by atoms with Crippen LogP contribution in [0.3, 0.4) is 0 Å². The largest absolute Gasteiger partial charge is 0.472 e. The monoisotopic (exact) mass is 459 g/mol. The first-order valence-corrected chi connectivity index (χ1v) is 12.6. The summed E-state index contributed by atoms with van der Waals surface area (Å²) >= 11 is 0. The van der Waals surface area contributed by atoms with Crippen molar-refractivity contribution in [2.75, 3.05) is 13.1 Å². The van der Waals surface area contributed by atoms with Gasteiger partial charge in [-0.3, -0.25) is 9.59 Å². The number of amides is 2. The molecule has 0 radical (unpaired) electrons. The zero-order valence-corrected chi connectivity index (χ0v) is 19.6. The standard InChI is InChI=1S/C28H33N3O3/c32-25-18-31-24-17-21(28(33)30-15-8-3-1-2-7-14-29-25)11-12-23(24)26(20-9-5-4-6-10-20)27(31)22-13-16-34-19-22/h1,3,11-13,16-17,19-20H,2,4-10,14-15,18H2,(H,29,32)(H,30,33)/b3-1-. The summed E-state index contributed by atoms with van der Waals surface area (Å²) in [4.78, 5) is 25.9. The average molecular weight is 460 g/mol. The van der Waals surface area contributed by atoms with Crippen molar-refractivity contribution in [2.45, 2.75) is 63.8 Å². The predicted octanol–water partition coefficient (Wildman–Crippen LogP) is 5.54. The van der Waals surface area contributed by atoms with Crippen LogP contribution in [0, 0.1) is 0 Å². The SMILES string of the molecule is O=C1Cn2c(-c3ccoc3)c(C3CCCCC3)c3ccc(cc32)C(=O)NCC/C=C\CCCN1. The van der Waals surface area contributed by atoms with E-state index in [2.05, 4.69) is 33.4 Å². The fourth-order valence-electron chi connectivity index (χ4n) is 5.45. The number of rotatable bonds is 2. The van der Waals surface area contributed by atoms with Gasteiger partial charge in [-0.1, -0.05) is 37.5 Å². The van der Waals surface area contributed by atoms with Crippen LogP contribution in [0.15, 0.2) is 53.4 Å². The summed E-state index contributed by atoms with van der Waals surface area (Å²) in [5, 5.41) is 7.26. The Labute approximate surface area is 200 Å². The van der Waals surface area contributed by atoms with E-state index < -0.39 is 0 Å². The third-order valence-corrected chi connectivity index (χ3v) is 7.11. The summed E-state index contributed by atoms with van der Waals surface area (Å²) in [6, 6.07) is 7.93. The van der Waals surface area contributed by atoms with Gasteiger partial charge in [0.25, 0.3) is 5.91 Å². The molecule has 2 bridgehead atoms. The summed E-state index contributed by atoms with van der Waals surface area (Å²) in [7, 11) is 0. The van der Waals surface area contributed by atoms with E-state index in [4.69, 9.17) is 4.42 Å². The number of hydrogen-bond donors (Lipinski definition) is 2. The molecule has 1 fully saturated rings. The lowest BCUT2D eigenvalue weighted by Crippen LogP contribution is -2.28. The fraction of sp³-hybridized carbons (Fsp3) is 0.429. The first-order valence-electron chi connectivity index (χ1n) is 12.6. The van der Waals surface area contributed by atoms with Gasteiger partial charge in [0.05, 0.1) is 23.7 Å². The lowest BCUT2D eigenvalue weighted by molar-refractivity contribution is -0.121. The summed E-state index contributed by atoms with van der Waals surface area (Å²) in [6.45, 7) is 1.48. The van der Waals surface area contributed by atoms with Crippen LogP contribution < -0.4 is 10.6 Å². The van der Waals surface area contributed by atoms with Crippen molar-refractivity contribution in [3.05, 3.63) is 60.1 Å². The number of carbonyl (C=O) groups is 2. The van der Waals surface area contributed by atoms with Crippen molar-refractivity contribution in [2.24, 2.45) is 0 Å². The van der Waals surface area contributed by atoms with Crippen LogP contribution in [0.1, 0.15) is 73.2 Å². The van der Waals surface area contributed by atoms with Gasteiger partial charge in [-0.2, -0.15) is 0 Å². The smallest absolute Gasteiger partial charge is 0.251 e. The third kappa shape index (κ3) is 4.67. The average Bonchev–Trinajstić information content (AvgIpc) is 3.49. The van der Waals surface area contributed by atoms with E-state index in [-0.39, 0.29) is 18.4 Å². The molecule has 1 saturated carbocycles. The van der Waals surface area contributed by atoms with Crippen LogP contribution in [0.2, 0.25) is 0 Å². The molecular weight excluding hydrogens is 426 g/mol. The lowest BCUT2D eigenvalue weighted by atomic mass is 9.82. The topological polar surface area (TPSA) is 76.3 Å².